The van der Waals surface area contributed by atoms with Crippen molar-refractivity contribution in [3.05, 3.63) is 75.7 Å². The molecular weight excluding hydrogens is 536 g/mol. The molecule has 41 heavy (non-hydrogen) atoms. The standard InChI is InChI=1S/C32H38N4O4S/c1-5-23(6-2)36-27-11-10-22(16-25(27)34-30(36)17-24-8-7-13-41-24)31(37)35-26(14-20(3)4)32(38)33-18-21-9-12-28-29(15-21)40-19-39-28/h7-13,15-16,20,23,26H,5-6,14,17-19H2,1-4H3,(H,33,38)(H,35,37)/t26-/m0/s1. The number of hydrogen-bond acceptors (Lipinski definition) is 6. The number of nitrogens with zero attached hydrogens (tertiary/aromatic N) is 2. The summed E-state index contributed by atoms with van der Waals surface area (Å²) < 4.78 is 13.1. The Hall–Kier alpha value is -3.85. The van der Waals surface area contributed by atoms with E-state index in [0.29, 0.717) is 36.1 Å². The smallest absolute Gasteiger partial charge is 0.252 e. The van der Waals surface area contributed by atoms with Crippen molar-refractivity contribution >= 4 is 34.2 Å². The molecule has 0 saturated heterocycles. The molecule has 1 atom stereocenters. The summed E-state index contributed by atoms with van der Waals surface area (Å²) in [6.07, 6.45) is 3.28. The third kappa shape index (κ3) is 6.56. The summed E-state index contributed by atoms with van der Waals surface area (Å²) in [4.78, 5) is 32.9. The van der Waals surface area contributed by atoms with Crippen molar-refractivity contribution in [3.63, 3.8) is 0 Å². The number of nitrogens with one attached hydrogen (secondary N) is 2. The number of carbonyl (C=O) groups is 2. The number of hydrogen-bond donors (Lipinski definition) is 2. The van der Waals surface area contributed by atoms with Crippen molar-refractivity contribution in [1.82, 2.24) is 20.2 Å². The molecule has 216 valence electrons. The van der Waals surface area contributed by atoms with E-state index in [-0.39, 0.29) is 24.5 Å². The van der Waals surface area contributed by atoms with Gasteiger partial charge in [-0.1, -0.05) is 39.8 Å². The van der Waals surface area contributed by atoms with Crippen LogP contribution in [0, 0.1) is 5.92 Å². The average molecular weight is 575 g/mol. The summed E-state index contributed by atoms with van der Waals surface area (Å²) in [7, 11) is 0. The van der Waals surface area contributed by atoms with Crippen molar-refractivity contribution in [2.24, 2.45) is 5.92 Å². The molecule has 8 nitrogen and oxygen atoms in total. The maximum Gasteiger partial charge on any atom is 0.252 e. The predicted octanol–water partition coefficient (Wildman–Crippen LogP) is 6.24. The predicted molar refractivity (Wildman–Crippen MR) is 162 cm³/mol. The van der Waals surface area contributed by atoms with Gasteiger partial charge in [-0.25, -0.2) is 4.98 Å². The van der Waals surface area contributed by atoms with Gasteiger partial charge in [-0.05, 0) is 72.5 Å². The number of carbonyl (C=O) groups excluding carboxylic acids is 2. The quantitative estimate of drug-likeness (QED) is 0.209. The van der Waals surface area contributed by atoms with E-state index in [4.69, 9.17) is 14.5 Å². The third-order valence-corrected chi connectivity index (χ3v) is 8.35. The van der Waals surface area contributed by atoms with E-state index in [9.17, 15) is 9.59 Å². The minimum absolute atomic E-state index is 0.202. The molecule has 2 aromatic carbocycles. The molecule has 3 heterocycles. The number of rotatable bonds is 12. The molecule has 0 bridgehead atoms. The van der Waals surface area contributed by atoms with E-state index in [2.05, 4.69) is 46.6 Å². The zero-order chi connectivity index (χ0) is 28.9. The summed E-state index contributed by atoms with van der Waals surface area (Å²) in [6, 6.07) is 15.1. The molecule has 2 aromatic heterocycles. The van der Waals surface area contributed by atoms with Crippen LogP contribution < -0.4 is 20.1 Å². The first-order chi connectivity index (χ1) is 19.9. The summed E-state index contributed by atoms with van der Waals surface area (Å²) in [5.74, 6) is 2.09. The first-order valence-corrected chi connectivity index (χ1v) is 15.2. The molecule has 5 rings (SSSR count). The maximum absolute atomic E-state index is 13.4. The van der Waals surface area contributed by atoms with E-state index < -0.39 is 6.04 Å². The fraction of sp³-hybridized carbons (Fsp3) is 0.406. The summed E-state index contributed by atoms with van der Waals surface area (Å²) in [5, 5.41) is 8.04. The first-order valence-electron chi connectivity index (χ1n) is 14.4. The second-order valence-corrected chi connectivity index (χ2v) is 11.9. The Morgan fingerprint density at radius 1 is 1.05 bits per heavy atom. The molecule has 0 unspecified atom stereocenters. The molecule has 0 aliphatic carbocycles. The molecule has 0 radical (unpaired) electrons. The van der Waals surface area contributed by atoms with E-state index >= 15 is 0 Å². The van der Waals surface area contributed by atoms with Gasteiger partial charge in [0.05, 0.1) is 11.0 Å². The second-order valence-electron chi connectivity index (χ2n) is 10.9. The molecular formula is C32H38N4O4S. The Morgan fingerprint density at radius 3 is 2.59 bits per heavy atom. The fourth-order valence-corrected chi connectivity index (χ4v) is 6.05. The number of aromatic nitrogens is 2. The van der Waals surface area contributed by atoms with Crippen molar-refractivity contribution in [2.75, 3.05) is 6.79 Å². The van der Waals surface area contributed by atoms with Gasteiger partial charge in [0.15, 0.2) is 11.5 Å². The zero-order valence-electron chi connectivity index (χ0n) is 24.1. The van der Waals surface area contributed by atoms with Crippen molar-refractivity contribution in [1.29, 1.82) is 0 Å². The highest BCUT2D eigenvalue weighted by molar-refractivity contribution is 7.09. The molecule has 1 aliphatic heterocycles. The Bertz CT molecular complexity index is 1510. The zero-order valence-corrected chi connectivity index (χ0v) is 24.9. The van der Waals surface area contributed by atoms with Gasteiger partial charge >= 0.3 is 0 Å². The van der Waals surface area contributed by atoms with Gasteiger partial charge in [-0.15, -0.1) is 11.3 Å². The van der Waals surface area contributed by atoms with E-state index in [1.54, 1.807) is 11.3 Å². The number of imidazole rings is 1. The summed E-state index contributed by atoms with van der Waals surface area (Å²) in [5.41, 5.74) is 3.21. The number of ether oxygens (including phenoxy) is 2. The van der Waals surface area contributed by atoms with Crippen LogP contribution in [0.2, 0.25) is 0 Å². The maximum atomic E-state index is 13.4. The van der Waals surface area contributed by atoms with Gasteiger partial charge in [-0.2, -0.15) is 0 Å². The van der Waals surface area contributed by atoms with Crippen LogP contribution >= 0.6 is 11.3 Å². The topological polar surface area (TPSA) is 94.5 Å². The highest BCUT2D eigenvalue weighted by Crippen LogP contribution is 2.32. The number of benzene rings is 2. The molecule has 0 saturated carbocycles. The summed E-state index contributed by atoms with van der Waals surface area (Å²) in [6.45, 7) is 9.00. The van der Waals surface area contributed by atoms with Crippen LogP contribution in [-0.4, -0.2) is 34.2 Å². The Kier molecular flexibility index (Phi) is 8.93. The van der Waals surface area contributed by atoms with E-state index in [1.807, 2.05) is 50.2 Å². The molecule has 4 aromatic rings. The molecule has 2 amide bonds. The van der Waals surface area contributed by atoms with E-state index in [0.717, 1.165) is 41.7 Å². The Balaban J connectivity index is 1.33. The Morgan fingerprint density at radius 2 is 1.85 bits per heavy atom. The lowest BCUT2D eigenvalue weighted by Gasteiger charge is -2.21. The second kappa shape index (κ2) is 12.8. The van der Waals surface area contributed by atoms with Gasteiger partial charge in [-0.3, -0.25) is 9.59 Å². The lowest BCUT2D eigenvalue weighted by Crippen LogP contribution is -2.47. The lowest BCUT2D eigenvalue weighted by atomic mass is 10.0. The van der Waals surface area contributed by atoms with Crippen molar-refractivity contribution < 1.29 is 19.1 Å². The van der Waals surface area contributed by atoms with Crippen LogP contribution in [0.15, 0.2) is 53.9 Å². The molecule has 1 aliphatic rings. The molecule has 0 fully saturated rings. The minimum Gasteiger partial charge on any atom is -0.454 e. The van der Waals surface area contributed by atoms with Crippen LogP contribution in [0.4, 0.5) is 0 Å². The average Bonchev–Trinajstić information content (AvgIpc) is 3.72. The van der Waals surface area contributed by atoms with Gasteiger partial charge in [0.1, 0.15) is 11.9 Å². The molecule has 0 spiro atoms. The lowest BCUT2D eigenvalue weighted by molar-refractivity contribution is -0.123. The number of amides is 2. The first kappa shape index (κ1) is 28.7. The summed E-state index contributed by atoms with van der Waals surface area (Å²) >= 11 is 1.73. The third-order valence-electron chi connectivity index (χ3n) is 7.48. The SMILES string of the molecule is CCC(CC)n1c(Cc2cccs2)nc2cc(C(=O)N[C@@H](CC(C)C)C(=O)NCc3ccc4c(c3)OCO4)ccc21. The highest BCUT2D eigenvalue weighted by Gasteiger charge is 2.24. The van der Waals surface area contributed by atoms with Crippen molar-refractivity contribution in [3.8, 4) is 11.5 Å². The van der Waals surface area contributed by atoms with Gasteiger partial charge < -0.3 is 24.7 Å². The van der Waals surface area contributed by atoms with Crippen molar-refractivity contribution in [2.45, 2.75) is 72.0 Å². The number of fused-ring (bicyclic) bond motifs is 2. The van der Waals surface area contributed by atoms with Crippen LogP contribution in [-0.2, 0) is 17.8 Å². The highest BCUT2D eigenvalue weighted by atomic mass is 32.1. The van der Waals surface area contributed by atoms with Gasteiger partial charge in [0, 0.05) is 29.4 Å². The van der Waals surface area contributed by atoms with Crippen LogP contribution in [0.25, 0.3) is 11.0 Å². The van der Waals surface area contributed by atoms with Crippen LogP contribution in [0.5, 0.6) is 11.5 Å². The van der Waals surface area contributed by atoms with E-state index in [1.165, 1.54) is 4.88 Å². The van der Waals surface area contributed by atoms with Gasteiger partial charge in [0.25, 0.3) is 5.91 Å². The number of thiophene rings is 1. The molecule has 2 N–H and O–H groups in total. The van der Waals surface area contributed by atoms with Gasteiger partial charge in [0.2, 0.25) is 12.7 Å². The monoisotopic (exact) mass is 574 g/mol. The normalized spacial score (nSPS) is 13.2. The largest absolute Gasteiger partial charge is 0.454 e. The van der Waals surface area contributed by atoms with Crippen LogP contribution in [0.3, 0.4) is 0 Å². The van der Waals surface area contributed by atoms with Crippen LogP contribution in [0.1, 0.15) is 79.6 Å². The minimum atomic E-state index is -0.663. The fourth-order valence-electron chi connectivity index (χ4n) is 5.35. The Labute approximate surface area is 245 Å². The molecule has 9 heteroatoms.